The Morgan fingerprint density at radius 1 is 1.19 bits per heavy atom. The molecule has 0 aliphatic carbocycles. The first-order valence-corrected chi connectivity index (χ1v) is 8.39. The molecule has 2 heterocycles. The van der Waals surface area contributed by atoms with Crippen molar-refractivity contribution in [2.75, 3.05) is 31.6 Å². The van der Waals surface area contributed by atoms with Gasteiger partial charge in [0.2, 0.25) is 0 Å². The van der Waals surface area contributed by atoms with Gasteiger partial charge in [-0.25, -0.2) is 5.48 Å². The molecule has 2 aliphatic rings. The lowest BCUT2D eigenvalue weighted by molar-refractivity contribution is 0.0925. The van der Waals surface area contributed by atoms with Gasteiger partial charge in [-0.15, -0.1) is 0 Å². The molecule has 1 fully saturated rings. The number of anilines is 1. The van der Waals surface area contributed by atoms with Crippen molar-refractivity contribution in [2.24, 2.45) is 0 Å². The lowest BCUT2D eigenvalue weighted by Gasteiger charge is -2.39. The number of hydrogen-bond acceptors (Lipinski definition) is 3. The van der Waals surface area contributed by atoms with Crippen LogP contribution in [-0.4, -0.2) is 26.7 Å². The summed E-state index contributed by atoms with van der Waals surface area (Å²) in [7, 11) is 2.16. The van der Waals surface area contributed by atoms with E-state index in [-0.39, 0.29) is 5.41 Å². The Hall–Kier alpha value is -1.06. The van der Waals surface area contributed by atoms with Gasteiger partial charge in [0.25, 0.3) is 0 Å². The highest BCUT2D eigenvalue weighted by Crippen LogP contribution is 2.40. The summed E-state index contributed by atoms with van der Waals surface area (Å²) in [5, 5.41) is 0. The zero-order valence-electron chi connectivity index (χ0n) is 14.4. The molecule has 1 saturated heterocycles. The van der Waals surface area contributed by atoms with Crippen LogP contribution in [0.15, 0.2) is 24.3 Å². The maximum atomic E-state index is 5.36. The molecule has 1 aromatic rings. The average molecular weight is 292 g/mol. The average Bonchev–Trinajstić information content (AvgIpc) is 3.03. The van der Waals surface area contributed by atoms with Gasteiger partial charge in [-0.3, -0.25) is 0 Å². The van der Waals surface area contributed by atoms with Crippen LogP contribution in [0.5, 0.6) is 0 Å². The van der Waals surface area contributed by atoms with Crippen LogP contribution in [0.3, 0.4) is 0 Å². The lowest BCUT2D eigenvalue weighted by Crippen LogP contribution is -2.41. The second kappa shape index (κ2) is 9.06. The quantitative estimate of drug-likeness (QED) is 0.842. The SMILES string of the molecule is CC.CCCC.CN1CCC2(CNOC2)c2ccccc21. The number of unbranched alkanes of at least 4 members (excludes halogenated alkanes) is 1. The Morgan fingerprint density at radius 3 is 2.43 bits per heavy atom. The molecule has 3 heteroatoms. The monoisotopic (exact) mass is 292 g/mol. The molecule has 1 unspecified atom stereocenters. The van der Waals surface area contributed by atoms with Gasteiger partial charge in [0.15, 0.2) is 0 Å². The van der Waals surface area contributed by atoms with E-state index >= 15 is 0 Å². The van der Waals surface area contributed by atoms with Gasteiger partial charge in [-0.2, -0.15) is 0 Å². The largest absolute Gasteiger partial charge is 0.374 e. The standard InChI is InChI=1S/C12H16N2O.C4H10.C2H6/c1-14-7-6-12(8-13-15-9-12)10-4-2-3-5-11(10)14;1-3-4-2;1-2/h2-5,13H,6-9H2,1H3;3-4H2,1-2H3;1-2H3. The zero-order valence-corrected chi connectivity index (χ0v) is 14.4. The Kier molecular flexibility index (Phi) is 7.76. The predicted molar refractivity (Wildman–Crippen MR) is 91.9 cm³/mol. The third kappa shape index (κ3) is 4.21. The highest BCUT2D eigenvalue weighted by atomic mass is 16.7. The van der Waals surface area contributed by atoms with E-state index in [0.717, 1.165) is 19.7 Å². The van der Waals surface area contributed by atoms with Crippen molar-refractivity contribution in [2.45, 2.75) is 52.4 Å². The first-order chi connectivity index (χ1) is 10.2. The molecule has 1 spiro atoms. The van der Waals surface area contributed by atoms with Gasteiger partial charge in [0.05, 0.1) is 6.61 Å². The molecule has 120 valence electrons. The molecule has 0 amide bonds. The highest BCUT2D eigenvalue weighted by Gasteiger charge is 2.41. The molecular formula is C18H32N2O. The number of benzene rings is 1. The van der Waals surface area contributed by atoms with E-state index in [4.69, 9.17) is 4.84 Å². The fourth-order valence-corrected chi connectivity index (χ4v) is 2.65. The lowest BCUT2D eigenvalue weighted by atomic mass is 9.75. The summed E-state index contributed by atoms with van der Waals surface area (Å²) in [6, 6.07) is 8.67. The van der Waals surface area contributed by atoms with Crippen molar-refractivity contribution in [3.8, 4) is 0 Å². The minimum Gasteiger partial charge on any atom is -0.374 e. The first kappa shape index (κ1) is 18.0. The van der Waals surface area contributed by atoms with Crippen LogP contribution in [-0.2, 0) is 10.3 Å². The van der Waals surface area contributed by atoms with Crippen molar-refractivity contribution < 1.29 is 4.84 Å². The summed E-state index contributed by atoms with van der Waals surface area (Å²) >= 11 is 0. The van der Waals surface area contributed by atoms with E-state index < -0.39 is 0 Å². The Balaban J connectivity index is 0.000000322. The summed E-state index contributed by atoms with van der Waals surface area (Å²) in [4.78, 5) is 7.69. The first-order valence-electron chi connectivity index (χ1n) is 8.39. The van der Waals surface area contributed by atoms with Crippen LogP contribution in [0, 0.1) is 0 Å². The molecule has 1 N–H and O–H groups in total. The van der Waals surface area contributed by atoms with Gasteiger partial charge >= 0.3 is 0 Å². The molecule has 1 atom stereocenters. The number of hydrogen-bond donors (Lipinski definition) is 1. The van der Waals surface area contributed by atoms with Crippen molar-refractivity contribution in [1.29, 1.82) is 0 Å². The molecule has 3 rings (SSSR count). The summed E-state index contributed by atoms with van der Waals surface area (Å²) in [6.45, 7) is 11.2. The fraction of sp³-hybridized carbons (Fsp3) is 0.667. The number of para-hydroxylation sites is 1. The number of nitrogens with zero attached hydrogens (tertiary/aromatic N) is 1. The minimum absolute atomic E-state index is 0.211. The summed E-state index contributed by atoms with van der Waals surface area (Å²) in [5.74, 6) is 0. The molecule has 0 radical (unpaired) electrons. The van der Waals surface area contributed by atoms with Gasteiger partial charge in [0.1, 0.15) is 0 Å². The Morgan fingerprint density at radius 2 is 1.86 bits per heavy atom. The smallest absolute Gasteiger partial charge is 0.0793 e. The van der Waals surface area contributed by atoms with Crippen LogP contribution >= 0.6 is 0 Å². The van der Waals surface area contributed by atoms with Crippen molar-refractivity contribution in [3.05, 3.63) is 29.8 Å². The fourth-order valence-electron chi connectivity index (χ4n) is 2.65. The number of fused-ring (bicyclic) bond motifs is 2. The third-order valence-corrected chi connectivity index (χ3v) is 4.17. The molecular weight excluding hydrogens is 260 g/mol. The maximum Gasteiger partial charge on any atom is 0.0793 e. The number of rotatable bonds is 1. The second-order valence-corrected chi connectivity index (χ2v) is 5.58. The molecule has 2 aliphatic heterocycles. The van der Waals surface area contributed by atoms with E-state index in [1.54, 1.807) is 0 Å². The summed E-state index contributed by atoms with van der Waals surface area (Å²) < 4.78 is 0. The number of hydroxylamine groups is 1. The minimum atomic E-state index is 0.211. The Labute approximate surface area is 130 Å². The molecule has 3 nitrogen and oxygen atoms in total. The Bertz CT molecular complexity index is 398. The predicted octanol–water partition coefficient (Wildman–Crippen LogP) is 4.13. The van der Waals surface area contributed by atoms with Crippen LogP contribution in [0.2, 0.25) is 0 Å². The molecule has 0 bridgehead atoms. The van der Waals surface area contributed by atoms with Crippen LogP contribution in [0.25, 0.3) is 0 Å². The van der Waals surface area contributed by atoms with Crippen molar-refractivity contribution >= 4 is 5.69 Å². The third-order valence-electron chi connectivity index (χ3n) is 4.17. The molecule has 1 aromatic carbocycles. The van der Waals surface area contributed by atoms with E-state index in [1.165, 1.54) is 30.5 Å². The van der Waals surface area contributed by atoms with E-state index in [9.17, 15) is 0 Å². The van der Waals surface area contributed by atoms with E-state index in [0.29, 0.717) is 0 Å². The van der Waals surface area contributed by atoms with Crippen LogP contribution in [0.4, 0.5) is 5.69 Å². The van der Waals surface area contributed by atoms with E-state index in [2.05, 4.69) is 55.5 Å². The van der Waals surface area contributed by atoms with Gasteiger partial charge < -0.3 is 9.74 Å². The van der Waals surface area contributed by atoms with Gasteiger partial charge in [-0.1, -0.05) is 58.7 Å². The number of nitrogens with one attached hydrogen (secondary N) is 1. The molecule has 21 heavy (non-hydrogen) atoms. The topological polar surface area (TPSA) is 24.5 Å². The molecule has 0 aromatic heterocycles. The van der Waals surface area contributed by atoms with Gasteiger partial charge in [-0.05, 0) is 18.1 Å². The van der Waals surface area contributed by atoms with Crippen LogP contribution < -0.4 is 10.4 Å². The highest BCUT2D eigenvalue weighted by molar-refractivity contribution is 5.59. The molecule has 0 saturated carbocycles. The zero-order chi connectivity index (χ0) is 15.7. The second-order valence-electron chi connectivity index (χ2n) is 5.58. The van der Waals surface area contributed by atoms with Gasteiger partial charge in [0, 0.05) is 31.2 Å². The summed E-state index contributed by atoms with van der Waals surface area (Å²) in [5.41, 5.74) is 6.02. The summed E-state index contributed by atoms with van der Waals surface area (Å²) in [6.07, 6.45) is 3.81. The maximum absolute atomic E-state index is 5.36. The van der Waals surface area contributed by atoms with Crippen molar-refractivity contribution in [1.82, 2.24) is 5.48 Å². The van der Waals surface area contributed by atoms with Crippen LogP contribution in [0.1, 0.15) is 52.5 Å². The van der Waals surface area contributed by atoms with Crippen molar-refractivity contribution in [3.63, 3.8) is 0 Å². The normalized spacial score (nSPS) is 22.8. The van der Waals surface area contributed by atoms with E-state index in [1.807, 2.05) is 13.8 Å².